The third-order valence-electron chi connectivity index (χ3n) is 4.09. The van der Waals surface area contributed by atoms with Gasteiger partial charge in [-0.05, 0) is 32.1 Å². The fourth-order valence-electron chi connectivity index (χ4n) is 2.83. The van der Waals surface area contributed by atoms with Gasteiger partial charge in [-0.15, -0.1) is 0 Å². The van der Waals surface area contributed by atoms with E-state index < -0.39 is 11.0 Å². The molecule has 2 aliphatic carbocycles. The lowest BCUT2D eigenvalue weighted by Gasteiger charge is -2.37. The largest absolute Gasteiger partial charge is 0.389 e. The standard InChI is InChI=1S/C12H19NO/c1-11(14,8-10-4-5-10)12(9-13)6-2-3-7-12/h10,14H,2-8H2,1H3. The molecule has 0 bridgehead atoms. The number of hydrogen-bond donors (Lipinski definition) is 1. The molecule has 0 radical (unpaired) electrons. The van der Waals surface area contributed by atoms with Crippen LogP contribution in [0.15, 0.2) is 0 Å². The molecule has 2 nitrogen and oxygen atoms in total. The summed E-state index contributed by atoms with van der Waals surface area (Å²) in [6, 6.07) is 2.40. The van der Waals surface area contributed by atoms with Gasteiger partial charge in [0.25, 0.3) is 0 Å². The van der Waals surface area contributed by atoms with Crippen LogP contribution in [-0.2, 0) is 0 Å². The third kappa shape index (κ3) is 1.54. The van der Waals surface area contributed by atoms with Crippen LogP contribution in [0.3, 0.4) is 0 Å². The maximum atomic E-state index is 10.5. The lowest BCUT2D eigenvalue weighted by Crippen LogP contribution is -2.43. The third-order valence-corrected chi connectivity index (χ3v) is 4.09. The van der Waals surface area contributed by atoms with Crippen molar-refractivity contribution in [2.45, 2.75) is 57.5 Å². The van der Waals surface area contributed by atoms with E-state index in [1.54, 1.807) is 0 Å². The second-order valence-electron chi connectivity index (χ2n) is 5.32. The second kappa shape index (κ2) is 3.24. The summed E-state index contributed by atoms with van der Waals surface area (Å²) >= 11 is 0. The Morgan fingerprint density at radius 3 is 2.43 bits per heavy atom. The molecular weight excluding hydrogens is 174 g/mol. The predicted octanol–water partition coefficient (Wildman–Crippen LogP) is 2.62. The van der Waals surface area contributed by atoms with Crippen molar-refractivity contribution in [3.05, 3.63) is 0 Å². The molecule has 0 aromatic rings. The molecule has 2 heteroatoms. The van der Waals surface area contributed by atoms with E-state index in [1.807, 2.05) is 6.92 Å². The van der Waals surface area contributed by atoms with Gasteiger partial charge in [0.15, 0.2) is 0 Å². The number of nitrogens with zero attached hydrogens (tertiary/aromatic N) is 1. The monoisotopic (exact) mass is 193 g/mol. The number of hydrogen-bond acceptors (Lipinski definition) is 2. The predicted molar refractivity (Wildman–Crippen MR) is 54.5 cm³/mol. The molecule has 1 unspecified atom stereocenters. The summed E-state index contributed by atoms with van der Waals surface area (Å²) in [6.45, 7) is 1.87. The summed E-state index contributed by atoms with van der Waals surface area (Å²) in [4.78, 5) is 0. The van der Waals surface area contributed by atoms with Crippen molar-refractivity contribution in [1.29, 1.82) is 5.26 Å². The maximum absolute atomic E-state index is 10.5. The Morgan fingerprint density at radius 1 is 1.43 bits per heavy atom. The topological polar surface area (TPSA) is 44.0 Å². The van der Waals surface area contributed by atoms with Gasteiger partial charge >= 0.3 is 0 Å². The van der Waals surface area contributed by atoms with Gasteiger partial charge < -0.3 is 5.11 Å². The number of nitriles is 1. The van der Waals surface area contributed by atoms with E-state index in [0.29, 0.717) is 5.92 Å². The molecule has 0 saturated heterocycles. The highest BCUT2D eigenvalue weighted by molar-refractivity contribution is 5.12. The minimum atomic E-state index is -0.751. The van der Waals surface area contributed by atoms with E-state index in [9.17, 15) is 10.4 Å². The average Bonchev–Trinajstić information content (AvgIpc) is 2.81. The Labute approximate surface area is 85.9 Å². The molecule has 2 saturated carbocycles. The Morgan fingerprint density at radius 2 is 2.00 bits per heavy atom. The first kappa shape index (κ1) is 9.98. The van der Waals surface area contributed by atoms with Gasteiger partial charge in [0.05, 0.1) is 17.1 Å². The molecular formula is C12H19NO. The molecule has 14 heavy (non-hydrogen) atoms. The van der Waals surface area contributed by atoms with Gasteiger partial charge in [0.1, 0.15) is 0 Å². The lowest BCUT2D eigenvalue weighted by atomic mass is 9.70. The van der Waals surface area contributed by atoms with Crippen LogP contribution in [0.2, 0.25) is 0 Å². The van der Waals surface area contributed by atoms with Crippen LogP contribution in [0.1, 0.15) is 51.9 Å². The van der Waals surface area contributed by atoms with E-state index in [2.05, 4.69) is 6.07 Å². The number of rotatable bonds is 3. The van der Waals surface area contributed by atoms with Gasteiger partial charge in [0, 0.05) is 0 Å². The van der Waals surface area contributed by atoms with Crippen LogP contribution >= 0.6 is 0 Å². The summed E-state index contributed by atoms with van der Waals surface area (Å²) in [5, 5.41) is 19.7. The fraction of sp³-hybridized carbons (Fsp3) is 0.917. The molecule has 0 aromatic heterocycles. The minimum Gasteiger partial charge on any atom is -0.389 e. The molecule has 78 valence electrons. The van der Waals surface area contributed by atoms with Crippen LogP contribution in [0.4, 0.5) is 0 Å². The van der Waals surface area contributed by atoms with Crippen LogP contribution in [0.5, 0.6) is 0 Å². The zero-order valence-electron chi connectivity index (χ0n) is 8.92. The van der Waals surface area contributed by atoms with E-state index in [1.165, 1.54) is 12.8 Å². The molecule has 2 rings (SSSR count). The molecule has 1 atom stereocenters. The smallest absolute Gasteiger partial charge is 0.0857 e. The summed E-state index contributed by atoms with van der Waals surface area (Å²) in [6.07, 6.45) is 7.32. The highest BCUT2D eigenvalue weighted by atomic mass is 16.3. The van der Waals surface area contributed by atoms with Crippen LogP contribution in [-0.4, -0.2) is 10.7 Å². The van der Waals surface area contributed by atoms with Crippen LogP contribution < -0.4 is 0 Å². The van der Waals surface area contributed by atoms with Crippen molar-refractivity contribution in [3.63, 3.8) is 0 Å². The summed E-state index contributed by atoms with van der Waals surface area (Å²) < 4.78 is 0. The van der Waals surface area contributed by atoms with Crippen molar-refractivity contribution in [2.24, 2.45) is 11.3 Å². The Balaban J connectivity index is 2.12. The van der Waals surface area contributed by atoms with Gasteiger partial charge in [0.2, 0.25) is 0 Å². The van der Waals surface area contributed by atoms with E-state index >= 15 is 0 Å². The molecule has 0 aromatic carbocycles. The maximum Gasteiger partial charge on any atom is 0.0857 e. The van der Waals surface area contributed by atoms with Crippen molar-refractivity contribution >= 4 is 0 Å². The second-order valence-corrected chi connectivity index (χ2v) is 5.32. The lowest BCUT2D eigenvalue weighted by molar-refractivity contribution is -0.0475. The zero-order chi connectivity index (χ0) is 10.2. The minimum absolute atomic E-state index is 0.435. The van der Waals surface area contributed by atoms with Crippen LogP contribution in [0.25, 0.3) is 0 Å². The van der Waals surface area contributed by atoms with Crippen molar-refractivity contribution < 1.29 is 5.11 Å². The van der Waals surface area contributed by atoms with Crippen molar-refractivity contribution in [1.82, 2.24) is 0 Å². The molecule has 0 aliphatic heterocycles. The normalized spacial score (nSPS) is 29.5. The van der Waals surface area contributed by atoms with Crippen LogP contribution in [0, 0.1) is 22.7 Å². The first-order valence-corrected chi connectivity index (χ1v) is 5.73. The Kier molecular flexibility index (Phi) is 2.31. The van der Waals surface area contributed by atoms with E-state index in [4.69, 9.17) is 0 Å². The van der Waals surface area contributed by atoms with Gasteiger partial charge in [-0.25, -0.2) is 0 Å². The molecule has 1 N–H and O–H groups in total. The first-order valence-electron chi connectivity index (χ1n) is 5.73. The van der Waals surface area contributed by atoms with E-state index in [0.717, 1.165) is 32.1 Å². The van der Waals surface area contributed by atoms with Crippen molar-refractivity contribution in [2.75, 3.05) is 0 Å². The molecule has 2 fully saturated rings. The summed E-state index contributed by atoms with van der Waals surface area (Å²) in [5.41, 5.74) is -1.19. The Bertz CT molecular complexity index is 254. The highest BCUT2D eigenvalue weighted by Crippen LogP contribution is 2.51. The highest BCUT2D eigenvalue weighted by Gasteiger charge is 2.51. The molecule has 0 heterocycles. The van der Waals surface area contributed by atoms with Gasteiger partial charge in [-0.1, -0.05) is 25.7 Å². The van der Waals surface area contributed by atoms with Gasteiger partial charge in [-0.2, -0.15) is 5.26 Å². The quantitative estimate of drug-likeness (QED) is 0.748. The van der Waals surface area contributed by atoms with E-state index in [-0.39, 0.29) is 0 Å². The van der Waals surface area contributed by atoms with Gasteiger partial charge in [-0.3, -0.25) is 0 Å². The molecule has 0 amide bonds. The summed E-state index contributed by atoms with van der Waals surface area (Å²) in [5.74, 6) is 0.691. The fourth-order valence-corrected chi connectivity index (χ4v) is 2.83. The molecule has 0 spiro atoms. The number of aliphatic hydroxyl groups is 1. The Hall–Kier alpha value is -0.550. The van der Waals surface area contributed by atoms with Crippen molar-refractivity contribution in [3.8, 4) is 6.07 Å². The SMILES string of the molecule is CC(O)(CC1CC1)C1(C#N)CCCC1. The molecule has 2 aliphatic rings. The zero-order valence-corrected chi connectivity index (χ0v) is 8.92. The summed E-state index contributed by atoms with van der Waals surface area (Å²) in [7, 11) is 0. The average molecular weight is 193 g/mol. The first-order chi connectivity index (χ1) is 6.60.